The lowest BCUT2D eigenvalue weighted by Crippen LogP contribution is -2.25. The van der Waals surface area contributed by atoms with Crippen molar-refractivity contribution in [1.82, 2.24) is 0 Å². The Kier molecular flexibility index (Phi) is 4.35. The molecule has 0 aliphatic carbocycles. The third kappa shape index (κ3) is 4.36. The second kappa shape index (κ2) is 5.86. The topological polar surface area (TPSA) is 7.76 Å². The predicted octanol–water partition coefficient (Wildman–Crippen LogP) is 1.02. The van der Waals surface area contributed by atoms with Crippen molar-refractivity contribution < 1.29 is 9.13 Å². The number of aromatic nitrogens is 2. The Morgan fingerprint density at radius 1 is 0.500 bits per heavy atom. The lowest BCUT2D eigenvalue weighted by atomic mass is 10.5. The Balaban J connectivity index is 0.000000140. The minimum absolute atomic E-state index is 2.00. The van der Waals surface area contributed by atoms with Crippen molar-refractivity contribution in [3.8, 4) is 0 Å². The van der Waals surface area contributed by atoms with Gasteiger partial charge in [-0.05, 0) is 0 Å². The zero-order chi connectivity index (χ0) is 10.2. The Morgan fingerprint density at radius 3 is 0.929 bits per heavy atom. The molecule has 2 aromatic rings. The number of hydrogen-bond donors (Lipinski definition) is 0. The van der Waals surface area contributed by atoms with Crippen molar-refractivity contribution in [2.45, 2.75) is 0 Å². The first-order valence-electron chi connectivity index (χ1n) is 4.59. The van der Waals surface area contributed by atoms with E-state index in [1.54, 1.807) is 0 Å². The molecule has 0 atom stereocenters. The zero-order valence-electron chi connectivity index (χ0n) is 8.67. The van der Waals surface area contributed by atoms with Crippen molar-refractivity contribution in [2.24, 2.45) is 14.1 Å². The first kappa shape index (κ1) is 10.4. The molecule has 14 heavy (non-hydrogen) atoms. The van der Waals surface area contributed by atoms with Crippen LogP contribution in [0.1, 0.15) is 0 Å². The summed E-state index contributed by atoms with van der Waals surface area (Å²) in [4.78, 5) is 0. The summed E-state index contributed by atoms with van der Waals surface area (Å²) in [6.07, 6.45) is 8.00. The number of hydrogen-bond acceptors (Lipinski definition) is 0. The van der Waals surface area contributed by atoms with Gasteiger partial charge in [0.1, 0.15) is 14.1 Å². The van der Waals surface area contributed by atoms with Crippen LogP contribution in [-0.4, -0.2) is 0 Å². The van der Waals surface area contributed by atoms with E-state index in [4.69, 9.17) is 0 Å². The van der Waals surface area contributed by atoms with E-state index < -0.39 is 0 Å². The summed E-state index contributed by atoms with van der Waals surface area (Å²) in [7, 11) is 4.00. The van der Waals surface area contributed by atoms with Gasteiger partial charge in [0.15, 0.2) is 24.8 Å². The van der Waals surface area contributed by atoms with Gasteiger partial charge in [0, 0.05) is 24.3 Å². The van der Waals surface area contributed by atoms with Gasteiger partial charge in [-0.2, -0.15) is 0 Å². The maximum atomic E-state index is 2.00. The summed E-state index contributed by atoms with van der Waals surface area (Å²) in [5.41, 5.74) is 0. The molecule has 0 amide bonds. The molecule has 72 valence electrons. The van der Waals surface area contributed by atoms with Crippen LogP contribution >= 0.6 is 0 Å². The highest BCUT2D eigenvalue weighted by molar-refractivity contribution is 4.83. The van der Waals surface area contributed by atoms with Crippen molar-refractivity contribution in [3.63, 3.8) is 0 Å². The summed E-state index contributed by atoms with van der Waals surface area (Å²) >= 11 is 0. The number of rotatable bonds is 0. The fourth-order valence-electron chi connectivity index (χ4n) is 0.969. The van der Waals surface area contributed by atoms with Crippen LogP contribution in [0.25, 0.3) is 0 Å². The fraction of sp³-hybridized carbons (Fsp3) is 0.167. The molecule has 0 spiro atoms. The van der Waals surface area contributed by atoms with Crippen LogP contribution in [0, 0.1) is 0 Å². The van der Waals surface area contributed by atoms with Crippen LogP contribution in [0.15, 0.2) is 61.2 Å². The van der Waals surface area contributed by atoms with Gasteiger partial charge < -0.3 is 0 Å². The predicted molar refractivity (Wildman–Crippen MR) is 55.2 cm³/mol. The molecule has 0 bridgehead atoms. The highest BCUT2D eigenvalue weighted by Gasteiger charge is 1.79. The molecule has 0 unspecified atom stereocenters. The monoisotopic (exact) mass is 188 g/mol. The van der Waals surface area contributed by atoms with E-state index in [2.05, 4.69) is 0 Å². The van der Waals surface area contributed by atoms with Crippen LogP contribution in [-0.2, 0) is 14.1 Å². The molecule has 2 heterocycles. The highest BCUT2D eigenvalue weighted by atomic mass is 14.9. The van der Waals surface area contributed by atoms with Gasteiger partial charge in [0.25, 0.3) is 0 Å². The Labute approximate surface area is 85.1 Å². The smallest absolute Gasteiger partial charge is 0.168 e. The molecule has 2 aromatic heterocycles. The van der Waals surface area contributed by atoms with Crippen LogP contribution in [0.2, 0.25) is 0 Å². The van der Waals surface area contributed by atoms with E-state index in [0.717, 1.165) is 0 Å². The number of pyridine rings is 2. The van der Waals surface area contributed by atoms with E-state index in [9.17, 15) is 0 Å². The Morgan fingerprint density at radius 2 is 0.786 bits per heavy atom. The first-order valence-corrected chi connectivity index (χ1v) is 4.59. The molecular formula is C12H16N2+2. The van der Waals surface area contributed by atoms with Crippen molar-refractivity contribution in [1.29, 1.82) is 0 Å². The molecule has 2 heteroatoms. The fourth-order valence-corrected chi connectivity index (χ4v) is 0.969. The van der Waals surface area contributed by atoms with E-state index >= 15 is 0 Å². The van der Waals surface area contributed by atoms with E-state index in [-0.39, 0.29) is 0 Å². The maximum absolute atomic E-state index is 2.00. The molecule has 0 saturated carbocycles. The quantitative estimate of drug-likeness (QED) is 0.545. The SMILES string of the molecule is C[n+]1ccccc1.C[n+]1ccccc1. The van der Waals surface area contributed by atoms with Crippen molar-refractivity contribution in [2.75, 3.05) is 0 Å². The summed E-state index contributed by atoms with van der Waals surface area (Å²) in [6.45, 7) is 0. The minimum atomic E-state index is 2.00. The summed E-state index contributed by atoms with van der Waals surface area (Å²) in [5.74, 6) is 0. The highest BCUT2D eigenvalue weighted by Crippen LogP contribution is 1.72. The van der Waals surface area contributed by atoms with E-state index in [1.807, 2.05) is 84.4 Å². The van der Waals surface area contributed by atoms with Crippen molar-refractivity contribution >= 4 is 0 Å². The van der Waals surface area contributed by atoms with Gasteiger partial charge in [-0.15, -0.1) is 0 Å². The molecular weight excluding hydrogens is 172 g/mol. The lowest BCUT2D eigenvalue weighted by Gasteiger charge is -1.77. The first-order chi connectivity index (χ1) is 6.79. The molecule has 0 N–H and O–H groups in total. The Bertz CT molecular complexity index is 306. The van der Waals surface area contributed by atoms with E-state index in [1.165, 1.54) is 0 Å². The zero-order valence-corrected chi connectivity index (χ0v) is 8.67. The summed E-state index contributed by atoms with van der Waals surface area (Å²) in [5, 5.41) is 0. The third-order valence-electron chi connectivity index (χ3n) is 1.73. The summed E-state index contributed by atoms with van der Waals surface area (Å²) in [6, 6.07) is 12.0. The lowest BCUT2D eigenvalue weighted by molar-refractivity contribution is -0.671. The third-order valence-corrected chi connectivity index (χ3v) is 1.73. The van der Waals surface area contributed by atoms with Gasteiger partial charge in [0.2, 0.25) is 0 Å². The average molecular weight is 188 g/mol. The second-order valence-corrected chi connectivity index (χ2v) is 3.08. The molecule has 0 saturated heterocycles. The van der Waals surface area contributed by atoms with Crippen LogP contribution in [0.3, 0.4) is 0 Å². The Hall–Kier alpha value is -1.70. The van der Waals surface area contributed by atoms with Crippen LogP contribution in [0.5, 0.6) is 0 Å². The van der Waals surface area contributed by atoms with E-state index in [0.29, 0.717) is 0 Å². The summed E-state index contributed by atoms with van der Waals surface area (Å²) < 4.78 is 4.00. The van der Waals surface area contributed by atoms with Crippen LogP contribution < -0.4 is 9.13 Å². The van der Waals surface area contributed by atoms with Gasteiger partial charge in [-0.25, -0.2) is 9.13 Å². The van der Waals surface area contributed by atoms with Crippen molar-refractivity contribution in [3.05, 3.63) is 61.2 Å². The molecule has 2 nitrogen and oxygen atoms in total. The second-order valence-electron chi connectivity index (χ2n) is 3.08. The normalized spacial score (nSPS) is 8.71. The molecule has 0 aliphatic heterocycles. The van der Waals surface area contributed by atoms with Gasteiger partial charge >= 0.3 is 0 Å². The standard InChI is InChI=1S/2C6H8N/c2*1-7-5-3-2-4-6-7/h2*2-6H,1H3/q2*+1. The number of nitrogens with zero attached hydrogens (tertiary/aromatic N) is 2. The minimum Gasteiger partial charge on any atom is -0.208 e. The molecule has 0 radical (unpaired) electrons. The number of aryl methyl sites for hydroxylation is 2. The molecule has 2 rings (SSSR count). The van der Waals surface area contributed by atoms with Gasteiger partial charge in [-0.1, -0.05) is 12.1 Å². The molecule has 0 aliphatic rings. The van der Waals surface area contributed by atoms with Crippen LogP contribution in [0.4, 0.5) is 0 Å². The largest absolute Gasteiger partial charge is 0.208 e. The van der Waals surface area contributed by atoms with Gasteiger partial charge in [0.05, 0.1) is 0 Å². The van der Waals surface area contributed by atoms with Gasteiger partial charge in [-0.3, -0.25) is 0 Å². The molecule has 0 aromatic carbocycles. The average Bonchev–Trinajstić information content (AvgIpc) is 2.21. The molecule has 0 fully saturated rings. The maximum Gasteiger partial charge on any atom is 0.168 e.